The fourth-order valence-electron chi connectivity index (χ4n) is 2.21. The van der Waals surface area contributed by atoms with Crippen molar-refractivity contribution in [2.75, 3.05) is 6.54 Å². The van der Waals surface area contributed by atoms with Crippen LogP contribution in [0.3, 0.4) is 0 Å². The van der Waals surface area contributed by atoms with Gasteiger partial charge in [-0.3, -0.25) is 10.1 Å². The van der Waals surface area contributed by atoms with Crippen LogP contribution in [-0.2, 0) is 6.54 Å². The van der Waals surface area contributed by atoms with Crippen LogP contribution in [0.1, 0.15) is 45.1 Å². The Morgan fingerprint density at radius 2 is 2.15 bits per heavy atom. The van der Waals surface area contributed by atoms with Crippen molar-refractivity contribution in [2.45, 2.75) is 46.1 Å². The summed E-state index contributed by atoms with van der Waals surface area (Å²) in [6.07, 6.45) is 4.84. The highest BCUT2D eigenvalue weighted by atomic mass is 79.9. The fraction of sp³-hybridized carbons (Fsp3) is 0.600. The Hall–Kier alpha value is -0.940. The van der Waals surface area contributed by atoms with E-state index in [1.54, 1.807) is 6.07 Å². The van der Waals surface area contributed by atoms with Crippen molar-refractivity contribution in [2.24, 2.45) is 5.92 Å². The number of hydrogen-bond acceptors (Lipinski definition) is 3. The molecule has 1 aromatic carbocycles. The number of nitro groups is 1. The Kier molecular flexibility index (Phi) is 7.77. The highest BCUT2D eigenvalue weighted by Gasteiger charge is 2.14. The molecule has 0 aromatic heterocycles. The first-order valence-electron chi connectivity index (χ1n) is 7.22. The van der Waals surface area contributed by atoms with Crippen molar-refractivity contribution in [3.05, 3.63) is 38.3 Å². The number of rotatable bonds is 9. The molecule has 4 nitrogen and oxygen atoms in total. The van der Waals surface area contributed by atoms with Gasteiger partial charge in [0.05, 0.1) is 4.92 Å². The molecule has 0 aliphatic rings. The normalized spacial score (nSPS) is 12.3. The highest BCUT2D eigenvalue weighted by Crippen LogP contribution is 2.23. The van der Waals surface area contributed by atoms with Crippen LogP contribution in [0.25, 0.3) is 0 Å². The monoisotopic (exact) mass is 342 g/mol. The van der Waals surface area contributed by atoms with Crippen molar-refractivity contribution < 1.29 is 4.92 Å². The van der Waals surface area contributed by atoms with Gasteiger partial charge >= 0.3 is 0 Å². The quantitative estimate of drug-likeness (QED) is 0.524. The molecule has 1 rings (SSSR count). The fourth-order valence-corrected chi connectivity index (χ4v) is 2.56. The molecule has 20 heavy (non-hydrogen) atoms. The van der Waals surface area contributed by atoms with Crippen LogP contribution < -0.4 is 5.32 Å². The van der Waals surface area contributed by atoms with E-state index in [0.29, 0.717) is 12.5 Å². The smallest absolute Gasteiger partial charge is 0.275 e. The average molecular weight is 343 g/mol. The third-order valence-corrected chi connectivity index (χ3v) is 4.03. The number of nitro benzene ring substituents is 1. The van der Waals surface area contributed by atoms with Crippen LogP contribution in [0.5, 0.6) is 0 Å². The molecule has 1 N–H and O–H groups in total. The lowest BCUT2D eigenvalue weighted by molar-refractivity contribution is -0.385. The Labute approximate surface area is 129 Å². The van der Waals surface area contributed by atoms with Gasteiger partial charge in [-0.25, -0.2) is 0 Å². The van der Waals surface area contributed by atoms with Crippen molar-refractivity contribution in [1.29, 1.82) is 0 Å². The van der Waals surface area contributed by atoms with Gasteiger partial charge in [-0.15, -0.1) is 0 Å². The Morgan fingerprint density at radius 3 is 2.75 bits per heavy atom. The minimum absolute atomic E-state index is 0.175. The SMILES string of the molecule is CCCCC(CC)CNCc1ccc(Br)cc1[N+](=O)[O-]. The standard InChI is InChI=1S/C15H23BrN2O2/c1-3-5-6-12(4-2)10-17-11-13-7-8-14(16)9-15(13)18(19)20/h7-9,12,17H,3-6,10-11H2,1-2H3. The van der Waals surface area contributed by atoms with Crippen molar-refractivity contribution >= 4 is 21.6 Å². The van der Waals surface area contributed by atoms with E-state index in [0.717, 1.165) is 23.0 Å². The van der Waals surface area contributed by atoms with Crippen molar-refractivity contribution in [1.82, 2.24) is 5.32 Å². The number of hydrogen-bond donors (Lipinski definition) is 1. The molecule has 0 radical (unpaired) electrons. The zero-order valence-electron chi connectivity index (χ0n) is 12.2. The maximum Gasteiger partial charge on any atom is 0.275 e. The molecule has 5 heteroatoms. The van der Waals surface area contributed by atoms with Crippen LogP contribution >= 0.6 is 15.9 Å². The number of nitrogens with zero attached hydrogens (tertiary/aromatic N) is 1. The second-order valence-corrected chi connectivity index (χ2v) is 5.99. The van der Waals surface area contributed by atoms with Gasteiger partial charge in [0.1, 0.15) is 0 Å². The number of benzene rings is 1. The van der Waals surface area contributed by atoms with Crippen LogP contribution in [0.2, 0.25) is 0 Å². The lowest BCUT2D eigenvalue weighted by Gasteiger charge is -2.15. The van der Waals surface area contributed by atoms with Crippen LogP contribution in [0, 0.1) is 16.0 Å². The topological polar surface area (TPSA) is 55.2 Å². The number of halogens is 1. The van der Waals surface area contributed by atoms with Gasteiger partial charge in [-0.05, 0) is 31.0 Å². The third kappa shape index (κ3) is 5.59. The van der Waals surface area contributed by atoms with Crippen LogP contribution in [-0.4, -0.2) is 11.5 Å². The minimum Gasteiger partial charge on any atom is -0.312 e. The summed E-state index contributed by atoms with van der Waals surface area (Å²) in [7, 11) is 0. The van der Waals surface area contributed by atoms with Gasteiger partial charge in [0.2, 0.25) is 0 Å². The molecule has 0 amide bonds. The van der Waals surface area contributed by atoms with E-state index in [2.05, 4.69) is 35.1 Å². The summed E-state index contributed by atoms with van der Waals surface area (Å²) in [6, 6.07) is 5.21. The summed E-state index contributed by atoms with van der Waals surface area (Å²) < 4.78 is 0.738. The van der Waals surface area contributed by atoms with Gasteiger partial charge in [0.15, 0.2) is 0 Å². The van der Waals surface area contributed by atoms with Crippen molar-refractivity contribution in [3.8, 4) is 0 Å². The molecule has 0 saturated carbocycles. The maximum absolute atomic E-state index is 11.0. The van der Waals surface area contributed by atoms with Gasteiger partial charge in [0.25, 0.3) is 5.69 Å². The first-order valence-corrected chi connectivity index (χ1v) is 8.01. The Morgan fingerprint density at radius 1 is 1.40 bits per heavy atom. The Bertz CT molecular complexity index is 438. The average Bonchev–Trinajstić information content (AvgIpc) is 2.43. The van der Waals surface area contributed by atoms with Crippen LogP contribution in [0.4, 0.5) is 5.69 Å². The molecule has 0 aliphatic carbocycles. The zero-order chi connectivity index (χ0) is 15.0. The largest absolute Gasteiger partial charge is 0.312 e. The van der Waals surface area contributed by atoms with Gasteiger partial charge in [0, 0.05) is 22.6 Å². The molecule has 1 atom stereocenters. The molecule has 0 aliphatic heterocycles. The van der Waals surface area contributed by atoms with E-state index in [4.69, 9.17) is 0 Å². The molecule has 0 heterocycles. The lowest BCUT2D eigenvalue weighted by atomic mass is 9.99. The molecule has 0 bridgehead atoms. The summed E-state index contributed by atoms with van der Waals surface area (Å²) in [4.78, 5) is 10.7. The molecular formula is C15H23BrN2O2. The number of unbranched alkanes of at least 4 members (excludes halogenated alkanes) is 1. The van der Waals surface area contributed by atoms with Crippen molar-refractivity contribution in [3.63, 3.8) is 0 Å². The molecule has 1 aromatic rings. The predicted octanol–water partition coefficient (Wildman–Crippen LogP) is 4.66. The van der Waals surface area contributed by atoms with Gasteiger partial charge < -0.3 is 5.32 Å². The molecule has 112 valence electrons. The minimum atomic E-state index is -0.323. The van der Waals surface area contributed by atoms with E-state index in [1.807, 2.05) is 12.1 Å². The summed E-state index contributed by atoms with van der Waals surface area (Å²) in [5, 5.41) is 14.4. The Balaban J connectivity index is 2.55. The molecule has 1 unspecified atom stereocenters. The second-order valence-electron chi connectivity index (χ2n) is 5.08. The van der Waals surface area contributed by atoms with E-state index >= 15 is 0 Å². The summed E-state index contributed by atoms with van der Waals surface area (Å²) in [5.41, 5.74) is 0.914. The predicted molar refractivity (Wildman–Crippen MR) is 85.8 cm³/mol. The molecular weight excluding hydrogens is 320 g/mol. The van der Waals surface area contributed by atoms with E-state index in [9.17, 15) is 10.1 Å². The molecule has 0 saturated heterocycles. The van der Waals surface area contributed by atoms with E-state index in [1.165, 1.54) is 19.3 Å². The van der Waals surface area contributed by atoms with E-state index < -0.39 is 0 Å². The lowest BCUT2D eigenvalue weighted by Crippen LogP contribution is -2.22. The van der Waals surface area contributed by atoms with E-state index in [-0.39, 0.29) is 10.6 Å². The number of nitrogens with one attached hydrogen (secondary N) is 1. The zero-order valence-corrected chi connectivity index (χ0v) is 13.8. The third-order valence-electron chi connectivity index (χ3n) is 3.54. The van der Waals surface area contributed by atoms with Crippen LogP contribution in [0.15, 0.2) is 22.7 Å². The molecule has 0 fully saturated rings. The van der Waals surface area contributed by atoms with Gasteiger partial charge in [-0.1, -0.05) is 49.0 Å². The highest BCUT2D eigenvalue weighted by molar-refractivity contribution is 9.10. The summed E-state index contributed by atoms with van der Waals surface area (Å²) in [5.74, 6) is 0.657. The summed E-state index contributed by atoms with van der Waals surface area (Å²) in [6.45, 7) is 5.87. The van der Waals surface area contributed by atoms with Gasteiger partial charge in [-0.2, -0.15) is 0 Å². The molecule has 0 spiro atoms. The maximum atomic E-state index is 11.0. The second kappa shape index (κ2) is 9.08. The first kappa shape index (κ1) is 17.1. The summed E-state index contributed by atoms with van der Waals surface area (Å²) >= 11 is 3.27. The first-order chi connectivity index (χ1) is 9.58.